The number of hydrogen-bond donors (Lipinski definition) is 1. The lowest BCUT2D eigenvalue weighted by atomic mass is 10.0. The molecule has 0 saturated carbocycles. The minimum atomic E-state index is -1.32. The molecule has 1 heterocycles. The Morgan fingerprint density at radius 3 is 2.61 bits per heavy atom. The normalized spacial score (nSPS) is 10.1. The Hall–Kier alpha value is -2.56. The van der Waals surface area contributed by atoms with Gasteiger partial charge in [-0.05, 0) is 23.8 Å². The maximum atomic E-state index is 13.5. The van der Waals surface area contributed by atoms with Crippen LogP contribution in [0.3, 0.4) is 0 Å². The van der Waals surface area contributed by atoms with Gasteiger partial charge in [0.15, 0.2) is 6.29 Å². The number of hydrogen-bond acceptors (Lipinski definition) is 3. The topological polar surface area (TPSA) is 67.3 Å². The fraction of sp³-hybridized carbons (Fsp3) is 0. The van der Waals surface area contributed by atoms with E-state index in [2.05, 4.69) is 4.98 Å². The van der Waals surface area contributed by atoms with E-state index in [1.54, 1.807) is 6.07 Å². The highest BCUT2D eigenvalue weighted by Gasteiger charge is 2.11. The van der Waals surface area contributed by atoms with E-state index in [0.717, 1.165) is 6.07 Å². The standard InChI is InChI=1S/C13H8FNO3/c14-12-4-9(1-2-11(12)13(17)18)10-3-8(7-16)5-15-6-10/h1-7H,(H,17,18). The Labute approximate surface area is 102 Å². The van der Waals surface area contributed by atoms with E-state index < -0.39 is 17.3 Å². The number of carbonyl (C=O) groups excluding carboxylic acids is 1. The summed E-state index contributed by atoms with van der Waals surface area (Å²) in [6.07, 6.45) is 3.50. The van der Waals surface area contributed by atoms with Gasteiger partial charge in [-0.15, -0.1) is 0 Å². The summed E-state index contributed by atoms with van der Waals surface area (Å²) in [5.74, 6) is -2.14. The maximum Gasteiger partial charge on any atom is 0.338 e. The predicted octanol–water partition coefficient (Wildman–Crippen LogP) is 2.40. The minimum Gasteiger partial charge on any atom is -0.478 e. The van der Waals surface area contributed by atoms with Crippen molar-refractivity contribution in [3.05, 3.63) is 53.6 Å². The molecule has 0 radical (unpaired) electrons. The SMILES string of the molecule is O=Cc1cncc(-c2ccc(C(=O)O)c(F)c2)c1. The average molecular weight is 245 g/mol. The van der Waals surface area contributed by atoms with Crippen LogP contribution in [-0.2, 0) is 0 Å². The molecule has 0 atom stereocenters. The fourth-order valence-corrected chi connectivity index (χ4v) is 1.55. The highest BCUT2D eigenvalue weighted by molar-refractivity contribution is 5.88. The zero-order valence-corrected chi connectivity index (χ0v) is 9.13. The summed E-state index contributed by atoms with van der Waals surface area (Å²) in [6, 6.07) is 5.31. The van der Waals surface area contributed by atoms with Crippen LogP contribution in [0.2, 0.25) is 0 Å². The van der Waals surface area contributed by atoms with Gasteiger partial charge in [-0.25, -0.2) is 9.18 Å². The number of rotatable bonds is 3. The van der Waals surface area contributed by atoms with Crippen molar-refractivity contribution in [3.63, 3.8) is 0 Å². The van der Waals surface area contributed by atoms with Crippen LogP contribution in [-0.4, -0.2) is 22.3 Å². The molecular formula is C13H8FNO3. The molecule has 1 aromatic carbocycles. The minimum absolute atomic E-state index is 0.371. The third kappa shape index (κ3) is 2.24. The quantitative estimate of drug-likeness (QED) is 0.843. The van der Waals surface area contributed by atoms with Crippen LogP contribution in [0.15, 0.2) is 36.7 Å². The van der Waals surface area contributed by atoms with Gasteiger partial charge >= 0.3 is 5.97 Å². The molecule has 0 fully saturated rings. The lowest BCUT2D eigenvalue weighted by Crippen LogP contribution is -2.00. The van der Waals surface area contributed by atoms with Crippen molar-refractivity contribution in [3.8, 4) is 11.1 Å². The largest absolute Gasteiger partial charge is 0.478 e. The number of carboxylic acids is 1. The first-order chi connectivity index (χ1) is 8.61. The van der Waals surface area contributed by atoms with Gasteiger partial charge in [0.05, 0.1) is 5.56 Å². The number of benzene rings is 1. The van der Waals surface area contributed by atoms with Gasteiger partial charge in [0.2, 0.25) is 0 Å². The summed E-state index contributed by atoms with van der Waals surface area (Å²) < 4.78 is 13.5. The molecule has 0 saturated heterocycles. The van der Waals surface area contributed by atoms with Gasteiger partial charge in [-0.2, -0.15) is 0 Å². The van der Waals surface area contributed by atoms with E-state index in [1.807, 2.05) is 0 Å². The second kappa shape index (κ2) is 4.75. The first-order valence-electron chi connectivity index (χ1n) is 5.05. The number of aromatic nitrogens is 1. The summed E-state index contributed by atoms with van der Waals surface area (Å²) in [5.41, 5.74) is 0.998. The molecule has 0 aliphatic rings. The molecule has 2 aromatic rings. The van der Waals surface area contributed by atoms with E-state index in [4.69, 9.17) is 5.11 Å². The molecule has 0 amide bonds. The Balaban J connectivity index is 2.48. The lowest BCUT2D eigenvalue weighted by Gasteiger charge is -2.04. The Morgan fingerprint density at radius 2 is 2.00 bits per heavy atom. The van der Waals surface area contributed by atoms with Crippen molar-refractivity contribution in [1.82, 2.24) is 4.98 Å². The Morgan fingerprint density at radius 1 is 1.22 bits per heavy atom. The first-order valence-corrected chi connectivity index (χ1v) is 5.05. The fourth-order valence-electron chi connectivity index (χ4n) is 1.55. The molecule has 0 bridgehead atoms. The number of aromatic carboxylic acids is 1. The summed E-state index contributed by atoms with van der Waals surface area (Å²) in [5, 5.41) is 8.71. The van der Waals surface area contributed by atoms with Crippen LogP contribution < -0.4 is 0 Å². The molecule has 0 aliphatic heterocycles. The smallest absolute Gasteiger partial charge is 0.338 e. The first kappa shape index (κ1) is 11.9. The van der Waals surface area contributed by atoms with Gasteiger partial charge in [0.1, 0.15) is 5.82 Å². The molecule has 90 valence electrons. The molecule has 18 heavy (non-hydrogen) atoms. The van der Waals surface area contributed by atoms with Crippen LogP contribution in [0.1, 0.15) is 20.7 Å². The highest BCUT2D eigenvalue weighted by atomic mass is 19.1. The van der Waals surface area contributed by atoms with Crippen molar-refractivity contribution in [1.29, 1.82) is 0 Å². The van der Waals surface area contributed by atoms with E-state index in [-0.39, 0.29) is 0 Å². The number of nitrogens with zero attached hydrogens (tertiary/aromatic N) is 1. The predicted molar refractivity (Wildman–Crippen MR) is 62.0 cm³/mol. The molecular weight excluding hydrogens is 237 g/mol. The number of pyridine rings is 1. The Kier molecular flexibility index (Phi) is 3.14. The van der Waals surface area contributed by atoms with Crippen molar-refractivity contribution in [2.45, 2.75) is 0 Å². The third-order valence-corrected chi connectivity index (χ3v) is 2.43. The van der Waals surface area contributed by atoms with Crippen molar-refractivity contribution >= 4 is 12.3 Å². The van der Waals surface area contributed by atoms with Crippen LogP contribution in [0.5, 0.6) is 0 Å². The van der Waals surface area contributed by atoms with Gasteiger partial charge in [-0.3, -0.25) is 9.78 Å². The van der Waals surface area contributed by atoms with E-state index >= 15 is 0 Å². The summed E-state index contributed by atoms with van der Waals surface area (Å²) in [7, 11) is 0. The Bertz CT molecular complexity index is 625. The van der Waals surface area contributed by atoms with Crippen LogP contribution in [0, 0.1) is 5.82 Å². The molecule has 0 spiro atoms. The van der Waals surface area contributed by atoms with Crippen LogP contribution in [0.25, 0.3) is 11.1 Å². The van der Waals surface area contributed by atoms with Crippen molar-refractivity contribution in [2.24, 2.45) is 0 Å². The van der Waals surface area contributed by atoms with Gasteiger partial charge < -0.3 is 5.11 Å². The third-order valence-electron chi connectivity index (χ3n) is 2.43. The summed E-state index contributed by atoms with van der Waals surface area (Å²) >= 11 is 0. The molecule has 2 rings (SSSR count). The van der Waals surface area contributed by atoms with E-state index in [0.29, 0.717) is 23.0 Å². The van der Waals surface area contributed by atoms with Gasteiger partial charge in [0.25, 0.3) is 0 Å². The van der Waals surface area contributed by atoms with Crippen molar-refractivity contribution in [2.75, 3.05) is 0 Å². The molecule has 5 heteroatoms. The second-order valence-electron chi connectivity index (χ2n) is 3.62. The van der Waals surface area contributed by atoms with Gasteiger partial charge in [0, 0.05) is 23.5 Å². The van der Waals surface area contributed by atoms with E-state index in [9.17, 15) is 14.0 Å². The van der Waals surface area contributed by atoms with E-state index in [1.165, 1.54) is 24.5 Å². The zero-order chi connectivity index (χ0) is 13.1. The van der Waals surface area contributed by atoms with Gasteiger partial charge in [-0.1, -0.05) is 6.07 Å². The summed E-state index contributed by atoms with van der Waals surface area (Å²) in [4.78, 5) is 25.1. The lowest BCUT2D eigenvalue weighted by molar-refractivity contribution is 0.0692. The average Bonchev–Trinajstić information content (AvgIpc) is 2.38. The second-order valence-corrected chi connectivity index (χ2v) is 3.62. The molecule has 1 N–H and O–H groups in total. The number of carbonyl (C=O) groups is 2. The molecule has 4 nitrogen and oxygen atoms in total. The highest BCUT2D eigenvalue weighted by Crippen LogP contribution is 2.21. The maximum absolute atomic E-state index is 13.5. The summed E-state index contributed by atoms with van der Waals surface area (Å²) in [6.45, 7) is 0. The van der Waals surface area contributed by atoms with Crippen LogP contribution >= 0.6 is 0 Å². The molecule has 1 aromatic heterocycles. The van der Waals surface area contributed by atoms with Crippen LogP contribution in [0.4, 0.5) is 4.39 Å². The molecule has 0 aliphatic carbocycles. The number of halogens is 1. The monoisotopic (exact) mass is 245 g/mol. The number of carboxylic acid groups (broad SMARTS) is 1. The zero-order valence-electron chi connectivity index (χ0n) is 9.13. The molecule has 0 unspecified atom stereocenters. The van der Waals surface area contributed by atoms with Crippen molar-refractivity contribution < 1.29 is 19.1 Å². The number of aldehydes is 1.